The van der Waals surface area contributed by atoms with Crippen LogP contribution >= 0.6 is 0 Å². The minimum atomic E-state index is 0.0503. The molecule has 0 aliphatic carbocycles. The first-order valence-corrected chi connectivity index (χ1v) is 4.13. The third kappa shape index (κ3) is 2.19. The van der Waals surface area contributed by atoms with Crippen LogP contribution in [0.25, 0.3) is 0 Å². The van der Waals surface area contributed by atoms with Crippen LogP contribution in [0.3, 0.4) is 0 Å². The van der Waals surface area contributed by atoms with Gasteiger partial charge in [-0.1, -0.05) is 5.92 Å². The van der Waals surface area contributed by atoms with E-state index in [4.69, 9.17) is 6.42 Å². The molecule has 1 rings (SSSR count). The maximum atomic E-state index is 5.31. The van der Waals surface area contributed by atoms with E-state index in [1.54, 1.807) is 6.20 Å². The van der Waals surface area contributed by atoms with Gasteiger partial charge in [0.15, 0.2) is 0 Å². The molecule has 68 valence electrons. The zero-order chi connectivity index (χ0) is 9.84. The van der Waals surface area contributed by atoms with Crippen molar-refractivity contribution in [2.75, 3.05) is 11.9 Å². The number of aryl methyl sites for hydroxylation is 1. The summed E-state index contributed by atoms with van der Waals surface area (Å²) in [6.45, 7) is 3.81. The lowest BCUT2D eigenvalue weighted by Gasteiger charge is -2.21. The van der Waals surface area contributed by atoms with Crippen LogP contribution in [0.4, 0.5) is 5.82 Å². The monoisotopic (exact) mass is 175 g/mol. The Labute approximate surface area is 78.8 Å². The highest BCUT2D eigenvalue weighted by molar-refractivity contribution is 5.39. The molecule has 0 aliphatic heterocycles. The summed E-state index contributed by atoms with van der Waals surface area (Å²) in [6.07, 6.45) is 7.05. The molecule has 1 atom stereocenters. The first-order chi connectivity index (χ1) is 6.15. The SMILES string of the molecule is C#CC(C)N(C)c1ccnc(C)n1. The third-order valence-corrected chi connectivity index (χ3v) is 1.94. The van der Waals surface area contributed by atoms with Crippen molar-refractivity contribution in [1.82, 2.24) is 9.97 Å². The molecule has 0 aromatic carbocycles. The van der Waals surface area contributed by atoms with Gasteiger partial charge in [-0.25, -0.2) is 9.97 Å². The molecule has 3 nitrogen and oxygen atoms in total. The lowest BCUT2D eigenvalue weighted by molar-refractivity contribution is 0.820. The van der Waals surface area contributed by atoms with Gasteiger partial charge in [-0.05, 0) is 19.9 Å². The summed E-state index contributed by atoms with van der Waals surface area (Å²) in [7, 11) is 1.92. The molecule has 0 fully saturated rings. The van der Waals surface area contributed by atoms with E-state index in [-0.39, 0.29) is 6.04 Å². The van der Waals surface area contributed by atoms with Crippen LogP contribution in [-0.2, 0) is 0 Å². The van der Waals surface area contributed by atoms with Gasteiger partial charge >= 0.3 is 0 Å². The highest BCUT2D eigenvalue weighted by Crippen LogP contribution is 2.09. The summed E-state index contributed by atoms with van der Waals surface area (Å²) in [5.41, 5.74) is 0. The van der Waals surface area contributed by atoms with Crippen molar-refractivity contribution in [3.63, 3.8) is 0 Å². The molecule has 1 aromatic rings. The van der Waals surface area contributed by atoms with Crippen molar-refractivity contribution in [3.8, 4) is 12.3 Å². The van der Waals surface area contributed by atoms with E-state index in [0.717, 1.165) is 11.6 Å². The second-order valence-corrected chi connectivity index (χ2v) is 2.92. The van der Waals surface area contributed by atoms with Crippen molar-refractivity contribution in [3.05, 3.63) is 18.1 Å². The molecular weight excluding hydrogens is 162 g/mol. The fourth-order valence-electron chi connectivity index (χ4n) is 0.950. The normalized spacial score (nSPS) is 11.8. The standard InChI is InChI=1S/C10H13N3/c1-5-8(2)13(4)10-6-7-11-9(3)12-10/h1,6-8H,2-4H3. The Morgan fingerprint density at radius 1 is 1.62 bits per heavy atom. The Morgan fingerprint density at radius 3 is 2.85 bits per heavy atom. The maximum Gasteiger partial charge on any atom is 0.132 e. The van der Waals surface area contributed by atoms with Gasteiger partial charge in [0.05, 0.1) is 6.04 Å². The van der Waals surface area contributed by atoms with Crippen LogP contribution in [0.1, 0.15) is 12.7 Å². The van der Waals surface area contributed by atoms with Crippen LogP contribution in [0.15, 0.2) is 12.3 Å². The predicted molar refractivity (Wildman–Crippen MR) is 53.5 cm³/mol. The van der Waals surface area contributed by atoms with Gasteiger partial charge in [0.25, 0.3) is 0 Å². The van der Waals surface area contributed by atoms with Crippen LogP contribution in [-0.4, -0.2) is 23.1 Å². The van der Waals surface area contributed by atoms with E-state index in [9.17, 15) is 0 Å². The minimum absolute atomic E-state index is 0.0503. The number of hydrogen-bond acceptors (Lipinski definition) is 3. The second-order valence-electron chi connectivity index (χ2n) is 2.92. The van der Waals surface area contributed by atoms with Crippen molar-refractivity contribution >= 4 is 5.82 Å². The topological polar surface area (TPSA) is 29.0 Å². The van der Waals surface area contributed by atoms with E-state index in [0.29, 0.717) is 0 Å². The molecule has 0 amide bonds. The molecule has 1 heterocycles. The van der Waals surface area contributed by atoms with Crippen molar-refractivity contribution < 1.29 is 0 Å². The number of terminal acetylenes is 1. The van der Waals surface area contributed by atoms with Crippen LogP contribution < -0.4 is 4.90 Å². The molecule has 13 heavy (non-hydrogen) atoms. The first-order valence-electron chi connectivity index (χ1n) is 4.13. The van der Waals surface area contributed by atoms with Gasteiger partial charge < -0.3 is 4.90 Å². The Kier molecular flexibility index (Phi) is 2.86. The first kappa shape index (κ1) is 9.53. The van der Waals surface area contributed by atoms with Gasteiger partial charge in [-0.15, -0.1) is 6.42 Å². The molecule has 0 saturated carbocycles. The summed E-state index contributed by atoms with van der Waals surface area (Å²) < 4.78 is 0. The van der Waals surface area contributed by atoms with Gasteiger partial charge in [-0.3, -0.25) is 0 Å². The second kappa shape index (κ2) is 3.90. The van der Waals surface area contributed by atoms with E-state index in [1.807, 2.05) is 31.9 Å². The average Bonchev–Trinajstić information content (AvgIpc) is 2.15. The summed E-state index contributed by atoms with van der Waals surface area (Å²) in [4.78, 5) is 10.2. The van der Waals surface area contributed by atoms with Crippen molar-refractivity contribution in [2.45, 2.75) is 19.9 Å². The lowest BCUT2D eigenvalue weighted by atomic mass is 10.3. The van der Waals surface area contributed by atoms with Gasteiger partial charge in [0.2, 0.25) is 0 Å². The smallest absolute Gasteiger partial charge is 0.132 e. The maximum absolute atomic E-state index is 5.31. The lowest BCUT2D eigenvalue weighted by Crippen LogP contribution is -2.28. The third-order valence-electron chi connectivity index (χ3n) is 1.94. The average molecular weight is 175 g/mol. The highest BCUT2D eigenvalue weighted by Gasteiger charge is 2.07. The molecule has 0 spiro atoms. The van der Waals surface area contributed by atoms with Crippen LogP contribution in [0.2, 0.25) is 0 Å². The van der Waals surface area contributed by atoms with E-state index in [1.165, 1.54) is 0 Å². The molecule has 0 bridgehead atoms. The summed E-state index contributed by atoms with van der Waals surface area (Å²) in [5.74, 6) is 4.27. The van der Waals surface area contributed by atoms with Gasteiger partial charge in [0, 0.05) is 13.2 Å². The number of aromatic nitrogens is 2. The van der Waals surface area contributed by atoms with Crippen LogP contribution in [0.5, 0.6) is 0 Å². The highest BCUT2D eigenvalue weighted by atomic mass is 15.2. The van der Waals surface area contributed by atoms with E-state index >= 15 is 0 Å². The number of rotatable bonds is 2. The number of hydrogen-bond donors (Lipinski definition) is 0. The van der Waals surface area contributed by atoms with E-state index in [2.05, 4.69) is 15.9 Å². The van der Waals surface area contributed by atoms with Crippen molar-refractivity contribution in [2.24, 2.45) is 0 Å². The quantitative estimate of drug-likeness (QED) is 0.633. The summed E-state index contributed by atoms with van der Waals surface area (Å²) in [6, 6.07) is 1.90. The fourth-order valence-corrected chi connectivity index (χ4v) is 0.950. The predicted octanol–water partition coefficient (Wildman–Crippen LogP) is 1.24. The number of anilines is 1. The summed E-state index contributed by atoms with van der Waals surface area (Å²) >= 11 is 0. The fraction of sp³-hybridized carbons (Fsp3) is 0.400. The largest absolute Gasteiger partial charge is 0.346 e. The molecule has 1 unspecified atom stereocenters. The molecule has 1 aromatic heterocycles. The minimum Gasteiger partial charge on any atom is -0.346 e. The Balaban J connectivity index is 2.90. The molecule has 0 aliphatic rings. The molecule has 0 saturated heterocycles. The zero-order valence-electron chi connectivity index (χ0n) is 8.15. The molecule has 0 N–H and O–H groups in total. The molecule has 3 heteroatoms. The molecular formula is C10H13N3. The Bertz CT molecular complexity index is 327. The number of nitrogens with zero attached hydrogens (tertiary/aromatic N) is 3. The molecule has 0 radical (unpaired) electrons. The van der Waals surface area contributed by atoms with Crippen LogP contribution in [0, 0.1) is 19.3 Å². The Hall–Kier alpha value is -1.56. The van der Waals surface area contributed by atoms with E-state index < -0.39 is 0 Å². The van der Waals surface area contributed by atoms with Crippen molar-refractivity contribution in [1.29, 1.82) is 0 Å². The van der Waals surface area contributed by atoms with Gasteiger partial charge in [0.1, 0.15) is 11.6 Å². The zero-order valence-corrected chi connectivity index (χ0v) is 8.15. The van der Waals surface area contributed by atoms with Gasteiger partial charge in [-0.2, -0.15) is 0 Å². The summed E-state index contributed by atoms with van der Waals surface area (Å²) in [5, 5.41) is 0. The Morgan fingerprint density at radius 2 is 2.31 bits per heavy atom.